The van der Waals surface area contributed by atoms with Crippen molar-refractivity contribution in [1.82, 2.24) is 10.3 Å². The highest BCUT2D eigenvalue weighted by Crippen LogP contribution is 2.39. The van der Waals surface area contributed by atoms with Gasteiger partial charge in [0.15, 0.2) is 0 Å². The van der Waals surface area contributed by atoms with E-state index >= 15 is 0 Å². The standard InChI is InChI=1S/C17H17N3OS.C4H4O4/c18-11-14-7-4-8-20-17(14)22-16(13-5-2-1-3-6-13)15-12-19-9-10-21-15;5-3(6)1-2-4(7)8/h1-8,15-16,19H,9-10,12H2;1-2H,(H,5,6)(H,7,8)/b;2-1+/t15-,16-;/m0./s1. The molecule has 9 heteroatoms. The smallest absolute Gasteiger partial charge is 0.328 e. The van der Waals surface area contributed by atoms with Crippen LogP contribution in [-0.4, -0.2) is 52.9 Å². The Kier molecular flexibility index (Phi) is 9.54. The lowest BCUT2D eigenvalue weighted by Gasteiger charge is -2.30. The van der Waals surface area contributed by atoms with Crippen molar-refractivity contribution in [2.75, 3.05) is 19.7 Å². The highest BCUT2D eigenvalue weighted by atomic mass is 32.2. The third kappa shape index (κ3) is 7.67. The van der Waals surface area contributed by atoms with Crippen LogP contribution >= 0.6 is 11.8 Å². The molecule has 30 heavy (non-hydrogen) atoms. The third-order valence-electron chi connectivity index (χ3n) is 3.92. The predicted octanol–water partition coefficient (Wildman–Crippen LogP) is 2.49. The van der Waals surface area contributed by atoms with Gasteiger partial charge in [-0.25, -0.2) is 14.6 Å². The Morgan fingerprint density at radius 2 is 1.90 bits per heavy atom. The van der Waals surface area contributed by atoms with E-state index in [0.717, 1.165) is 18.1 Å². The molecule has 2 aromatic rings. The van der Waals surface area contributed by atoms with Gasteiger partial charge in [0.05, 0.1) is 23.5 Å². The van der Waals surface area contributed by atoms with Crippen LogP contribution in [0.25, 0.3) is 0 Å². The van der Waals surface area contributed by atoms with Crippen LogP contribution in [-0.2, 0) is 14.3 Å². The number of pyridine rings is 1. The SMILES string of the molecule is N#Cc1cccnc1S[C@@H](c1ccccc1)[C@@H]1CNCCO1.O=C(O)/C=C/C(=O)O. The van der Waals surface area contributed by atoms with E-state index in [0.29, 0.717) is 24.3 Å². The van der Waals surface area contributed by atoms with E-state index in [1.54, 1.807) is 30.1 Å². The molecule has 0 amide bonds. The van der Waals surface area contributed by atoms with Crippen LogP contribution in [0, 0.1) is 11.3 Å². The molecule has 1 aliphatic rings. The summed E-state index contributed by atoms with van der Waals surface area (Å²) in [5, 5.41) is 29.1. The Bertz CT molecular complexity index is 892. The van der Waals surface area contributed by atoms with E-state index in [1.807, 2.05) is 18.2 Å². The van der Waals surface area contributed by atoms with Crippen molar-refractivity contribution in [2.45, 2.75) is 16.4 Å². The highest BCUT2D eigenvalue weighted by molar-refractivity contribution is 7.99. The molecule has 0 spiro atoms. The van der Waals surface area contributed by atoms with Gasteiger partial charge in [-0.3, -0.25) is 0 Å². The number of nitrogens with zero attached hydrogens (tertiary/aromatic N) is 2. The van der Waals surface area contributed by atoms with Gasteiger partial charge in [0.1, 0.15) is 11.1 Å². The van der Waals surface area contributed by atoms with Gasteiger partial charge in [-0.2, -0.15) is 5.26 Å². The van der Waals surface area contributed by atoms with Gasteiger partial charge in [-0.05, 0) is 17.7 Å². The molecule has 0 saturated carbocycles. The van der Waals surface area contributed by atoms with Crippen molar-refractivity contribution in [2.24, 2.45) is 0 Å². The average molecular weight is 427 g/mol. The fraction of sp³-hybridized carbons (Fsp3) is 0.238. The number of thioether (sulfide) groups is 1. The maximum Gasteiger partial charge on any atom is 0.328 e. The summed E-state index contributed by atoms with van der Waals surface area (Å²) < 4.78 is 5.95. The molecule has 0 aliphatic carbocycles. The Balaban J connectivity index is 0.000000343. The summed E-state index contributed by atoms with van der Waals surface area (Å²) in [5.41, 5.74) is 1.80. The first-order chi connectivity index (χ1) is 14.5. The van der Waals surface area contributed by atoms with E-state index in [9.17, 15) is 14.9 Å². The minimum absolute atomic E-state index is 0.0645. The number of morpholine rings is 1. The summed E-state index contributed by atoms with van der Waals surface area (Å²) in [4.78, 5) is 23.5. The Labute approximate surface area is 178 Å². The van der Waals surface area contributed by atoms with Crippen LogP contribution in [0.3, 0.4) is 0 Å². The zero-order valence-electron chi connectivity index (χ0n) is 16.0. The minimum atomic E-state index is -1.26. The van der Waals surface area contributed by atoms with Crippen LogP contribution in [0.5, 0.6) is 0 Å². The molecule has 1 fully saturated rings. The summed E-state index contributed by atoms with van der Waals surface area (Å²) in [7, 11) is 0. The van der Waals surface area contributed by atoms with E-state index in [4.69, 9.17) is 14.9 Å². The molecule has 0 radical (unpaired) electrons. The number of carboxylic acids is 2. The summed E-state index contributed by atoms with van der Waals surface area (Å²) in [6.45, 7) is 2.40. The zero-order valence-corrected chi connectivity index (χ0v) is 16.8. The molecule has 1 aromatic heterocycles. The van der Waals surface area contributed by atoms with Gasteiger partial charge in [0.2, 0.25) is 0 Å². The first-order valence-electron chi connectivity index (χ1n) is 9.04. The minimum Gasteiger partial charge on any atom is -0.478 e. The number of rotatable bonds is 6. The molecule has 2 atom stereocenters. The highest BCUT2D eigenvalue weighted by Gasteiger charge is 2.28. The number of aromatic nitrogens is 1. The van der Waals surface area contributed by atoms with E-state index < -0.39 is 11.9 Å². The third-order valence-corrected chi connectivity index (χ3v) is 5.30. The lowest BCUT2D eigenvalue weighted by atomic mass is 10.1. The molecule has 0 bridgehead atoms. The van der Waals surface area contributed by atoms with Gasteiger partial charge in [0, 0.05) is 31.4 Å². The molecular weight excluding hydrogens is 406 g/mol. The molecule has 3 rings (SSSR count). The number of aliphatic carboxylic acids is 2. The molecule has 1 aliphatic heterocycles. The van der Waals surface area contributed by atoms with Crippen molar-refractivity contribution in [3.8, 4) is 6.07 Å². The van der Waals surface area contributed by atoms with E-state index in [2.05, 4.69) is 28.5 Å². The summed E-state index contributed by atoms with van der Waals surface area (Å²) >= 11 is 1.60. The van der Waals surface area contributed by atoms with Gasteiger partial charge in [-0.15, -0.1) is 0 Å². The van der Waals surface area contributed by atoms with Gasteiger partial charge in [0.25, 0.3) is 0 Å². The molecule has 1 aromatic carbocycles. The fourth-order valence-electron chi connectivity index (χ4n) is 2.61. The molecule has 2 heterocycles. The Morgan fingerprint density at radius 3 is 2.47 bits per heavy atom. The predicted molar refractivity (Wildman–Crippen MR) is 111 cm³/mol. The lowest BCUT2D eigenvalue weighted by Crippen LogP contribution is -2.41. The fourth-order valence-corrected chi connectivity index (χ4v) is 3.84. The second kappa shape index (κ2) is 12.4. The van der Waals surface area contributed by atoms with Crippen LogP contribution in [0.4, 0.5) is 0 Å². The maximum absolute atomic E-state index is 9.55. The van der Waals surface area contributed by atoms with E-state index in [-0.39, 0.29) is 11.4 Å². The van der Waals surface area contributed by atoms with Crippen LogP contribution < -0.4 is 5.32 Å². The Morgan fingerprint density at radius 1 is 1.20 bits per heavy atom. The number of nitriles is 1. The topological polar surface area (TPSA) is 133 Å². The summed E-state index contributed by atoms with van der Waals surface area (Å²) in [5.74, 6) is -2.51. The van der Waals surface area contributed by atoms with Crippen LogP contribution in [0.1, 0.15) is 16.4 Å². The Hall–Kier alpha value is -3.19. The monoisotopic (exact) mass is 427 g/mol. The average Bonchev–Trinajstić information content (AvgIpc) is 2.78. The molecule has 1 saturated heterocycles. The number of benzene rings is 1. The van der Waals surface area contributed by atoms with Gasteiger partial charge >= 0.3 is 11.9 Å². The first kappa shape index (κ1) is 23.1. The van der Waals surface area contributed by atoms with Gasteiger partial charge < -0.3 is 20.3 Å². The number of nitrogens with one attached hydrogen (secondary N) is 1. The number of hydrogen-bond donors (Lipinski definition) is 3. The largest absolute Gasteiger partial charge is 0.478 e. The van der Waals surface area contributed by atoms with Crippen LogP contribution in [0.15, 0.2) is 65.8 Å². The van der Waals surface area contributed by atoms with Crippen molar-refractivity contribution in [3.05, 3.63) is 71.9 Å². The number of ether oxygens (including phenoxy) is 1. The first-order valence-corrected chi connectivity index (χ1v) is 9.92. The zero-order chi connectivity index (χ0) is 21.8. The second-order valence-electron chi connectivity index (χ2n) is 6.04. The van der Waals surface area contributed by atoms with Crippen molar-refractivity contribution < 1.29 is 24.5 Å². The van der Waals surface area contributed by atoms with Crippen LogP contribution in [0.2, 0.25) is 0 Å². The van der Waals surface area contributed by atoms with Crippen molar-refractivity contribution in [1.29, 1.82) is 5.26 Å². The number of carbonyl (C=O) groups is 2. The van der Waals surface area contributed by atoms with Gasteiger partial charge in [-0.1, -0.05) is 42.1 Å². The quantitative estimate of drug-likeness (QED) is 0.470. The molecular formula is C21H21N3O5S. The normalized spacial score (nSPS) is 16.7. The van der Waals surface area contributed by atoms with E-state index in [1.165, 1.54) is 5.56 Å². The second-order valence-corrected chi connectivity index (χ2v) is 7.17. The summed E-state index contributed by atoms with van der Waals surface area (Å²) in [6, 6.07) is 16.1. The summed E-state index contributed by atoms with van der Waals surface area (Å²) in [6.07, 6.45) is 2.91. The molecule has 156 valence electrons. The molecule has 3 N–H and O–H groups in total. The maximum atomic E-state index is 9.55. The lowest BCUT2D eigenvalue weighted by molar-refractivity contribution is -0.134. The van der Waals surface area contributed by atoms with Crippen molar-refractivity contribution >= 4 is 23.7 Å². The number of carboxylic acid groups (broad SMARTS) is 2. The van der Waals surface area contributed by atoms with Crippen molar-refractivity contribution in [3.63, 3.8) is 0 Å². The molecule has 8 nitrogen and oxygen atoms in total. The number of hydrogen-bond acceptors (Lipinski definition) is 7. The molecule has 0 unspecified atom stereocenters.